The number of sulfonamides is 1. The minimum absolute atomic E-state index is 0.0502. The van der Waals surface area contributed by atoms with Gasteiger partial charge in [0, 0.05) is 25.2 Å². The summed E-state index contributed by atoms with van der Waals surface area (Å²) in [7, 11) is -1.16. The third-order valence-corrected chi connectivity index (χ3v) is 6.14. The van der Waals surface area contributed by atoms with Crippen molar-refractivity contribution in [3.05, 3.63) is 29.8 Å². The summed E-state index contributed by atoms with van der Waals surface area (Å²) in [5.74, 6) is -0.108. The number of nitrogens with zero attached hydrogens (tertiary/aromatic N) is 2. The lowest BCUT2D eigenvalue weighted by molar-refractivity contribution is -0.0258. The van der Waals surface area contributed by atoms with Crippen LogP contribution in [-0.4, -0.2) is 50.4 Å². The van der Waals surface area contributed by atoms with E-state index >= 15 is 0 Å². The number of hydrogen-bond acceptors (Lipinski definition) is 4. The molecule has 0 spiro atoms. The van der Waals surface area contributed by atoms with Crippen molar-refractivity contribution in [1.29, 1.82) is 0 Å². The van der Waals surface area contributed by atoms with E-state index in [0.717, 1.165) is 23.7 Å². The monoisotopic (exact) mass is 368 g/mol. The van der Waals surface area contributed by atoms with Gasteiger partial charge in [0.1, 0.15) is 0 Å². The Bertz CT molecular complexity index is 725. The minimum Gasteiger partial charge on any atom is -0.336 e. The first-order chi connectivity index (χ1) is 11.6. The highest BCUT2D eigenvalue weighted by Gasteiger charge is 2.32. The molecule has 0 N–H and O–H groups in total. The van der Waals surface area contributed by atoms with E-state index in [1.54, 1.807) is 12.1 Å². The number of hydrogen-bond donors (Lipinski definition) is 0. The molecule has 25 heavy (non-hydrogen) atoms. The van der Waals surface area contributed by atoms with Crippen molar-refractivity contribution in [3.63, 3.8) is 0 Å². The molecule has 1 saturated heterocycles. The number of amides is 1. The second-order valence-electron chi connectivity index (χ2n) is 7.68. The average Bonchev–Trinajstić information content (AvgIpc) is 2.99. The smallest absolute Gasteiger partial charge is 0.264 e. The van der Waals surface area contributed by atoms with Crippen LogP contribution in [0.4, 0.5) is 0 Å². The van der Waals surface area contributed by atoms with Gasteiger partial charge < -0.3 is 4.90 Å². The van der Waals surface area contributed by atoms with Gasteiger partial charge in [0.25, 0.3) is 15.9 Å². The van der Waals surface area contributed by atoms with Crippen molar-refractivity contribution in [2.24, 2.45) is 5.41 Å². The number of carbonyl (C=O) groups is 1. The SMILES string of the molecule is CON(C)S(=O)(=O)c1cccc(C(=O)N2CCC[C@H]2CC(C)(C)C)c1. The highest BCUT2D eigenvalue weighted by atomic mass is 32.2. The quantitative estimate of drug-likeness (QED) is 0.750. The standard InChI is InChI=1S/C18H28N2O4S/c1-18(2,3)13-15-9-7-11-20(15)17(21)14-8-6-10-16(12-14)25(22,23)19(4)24-5/h6,8,10,12,15H,7,9,11,13H2,1-5H3/t15-/m0/s1. The molecular weight excluding hydrogens is 340 g/mol. The number of benzene rings is 1. The van der Waals surface area contributed by atoms with E-state index < -0.39 is 10.0 Å². The van der Waals surface area contributed by atoms with Crippen molar-refractivity contribution in [1.82, 2.24) is 9.37 Å². The van der Waals surface area contributed by atoms with Crippen LogP contribution in [0.3, 0.4) is 0 Å². The van der Waals surface area contributed by atoms with Crippen LogP contribution in [0.5, 0.6) is 0 Å². The molecule has 0 saturated carbocycles. The van der Waals surface area contributed by atoms with Crippen LogP contribution < -0.4 is 0 Å². The van der Waals surface area contributed by atoms with Crippen LogP contribution in [0.15, 0.2) is 29.2 Å². The van der Waals surface area contributed by atoms with E-state index in [1.807, 2.05) is 4.90 Å². The second-order valence-corrected chi connectivity index (χ2v) is 9.62. The van der Waals surface area contributed by atoms with Gasteiger partial charge in [-0.1, -0.05) is 31.3 Å². The van der Waals surface area contributed by atoms with Crippen molar-refractivity contribution in [2.45, 2.75) is 51.0 Å². The Morgan fingerprint density at radius 1 is 1.36 bits per heavy atom. The third kappa shape index (κ3) is 4.59. The molecule has 1 aromatic rings. The van der Waals surface area contributed by atoms with Crippen LogP contribution in [0.1, 0.15) is 50.4 Å². The van der Waals surface area contributed by atoms with Gasteiger partial charge >= 0.3 is 0 Å². The van der Waals surface area contributed by atoms with E-state index in [1.165, 1.54) is 26.3 Å². The topological polar surface area (TPSA) is 66.9 Å². The fourth-order valence-corrected chi connectivity index (χ4v) is 4.24. The van der Waals surface area contributed by atoms with Crippen molar-refractivity contribution in [3.8, 4) is 0 Å². The maximum atomic E-state index is 12.9. The molecule has 0 bridgehead atoms. The zero-order valence-electron chi connectivity index (χ0n) is 15.7. The fraction of sp³-hybridized carbons (Fsp3) is 0.611. The molecule has 0 unspecified atom stereocenters. The number of rotatable bonds is 5. The molecule has 1 aromatic carbocycles. The Balaban J connectivity index is 2.27. The maximum Gasteiger partial charge on any atom is 0.264 e. The van der Waals surface area contributed by atoms with E-state index in [0.29, 0.717) is 12.1 Å². The Morgan fingerprint density at radius 3 is 2.64 bits per heavy atom. The Morgan fingerprint density at radius 2 is 2.04 bits per heavy atom. The summed E-state index contributed by atoms with van der Waals surface area (Å²) in [6.45, 7) is 7.22. The molecular formula is C18H28N2O4S. The predicted octanol–water partition coefficient (Wildman–Crippen LogP) is 2.91. The van der Waals surface area contributed by atoms with Gasteiger partial charge in [-0.25, -0.2) is 8.42 Å². The van der Waals surface area contributed by atoms with Crippen LogP contribution >= 0.6 is 0 Å². The maximum absolute atomic E-state index is 12.9. The van der Waals surface area contributed by atoms with Crippen LogP contribution in [0.2, 0.25) is 0 Å². The summed E-state index contributed by atoms with van der Waals surface area (Å²) in [6, 6.07) is 6.37. The first-order valence-electron chi connectivity index (χ1n) is 8.50. The average molecular weight is 368 g/mol. The molecule has 1 atom stereocenters. The molecule has 0 aliphatic carbocycles. The number of likely N-dealkylation sites (tertiary alicyclic amines) is 1. The molecule has 6 nitrogen and oxygen atoms in total. The highest BCUT2D eigenvalue weighted by Crippen LogP contribution is 2.31. The fourth-order valence-electron chi connectivity index (χ4n) is 3.22. The van der Waals surface area contributed by atoms with Crippen LogP contribution in [0, 0.1) is 5.41 Å². The lowest BCUT2D eigenvalue weighted by Crippen LogP contribution is -2.37. The summed E-state index contributed by atoms with van der Waals surface area (Å²) in [5, 5.41) is 0. The molecule has 1 fully saturated rings. The van der Waals surface area contributed by atoms with Gasteiger partial charge in [0.05, 0.1) is 12.0 Å². The van der Waals surface area contributed by atoms with Crippen LogP contribution in [0.25, 0.3) is 0 Å². The second kappa shape index (κ2) is 7.43. The minimum atomic E-state index is -3.77. The van der Waals surface area contributed by atoms with Gasteiger partial charge in [-0.3, -0.25) is 9.63 Å². The first kappa shape index (κ1) is 19.9. The summed E-state index contributed by atoms with van der Waals surface area (Å²) in [4.78, 5) is 19.7. The molecule has 1 aliphatic rings. The molecule has 7 heteroatoms. The van der Waals surface area contributed by atoms with Gasteiger partial charge in [-0.2, -0.15) is 0 Å². The third-order valence-electron chi connectivity index (χ3n) is 4.46. The first-order valence-corrected chi connectivity index (χ1v) is 9.94. The lowest BCUT2D eigenvalue weighted by atomic mass is 9.87. The van der Waals surface area contributed by atoms with Crippen molar-refractivity contribution in [2.75, 3.05) is 20.7 Å². The number of hydroxylamine groups is 1. The molecule has 0 radical (unpaired) electrons. The van der Waals surface area contributed by atoms with Gasteiger partial charge in [0.15, 0.2) is 0 Å². The van der Waals surface area contributed by atoms with Crippen molar-refractivity contribution >= 4 is 15.9 Å². The Kier molecular flexibility index (Phi) is 5.91. The Labute approximate surface area is 150 Å². The zero-order valence-corrected chi connectivity index (χ0v) is 16.5. The molecule has 0 aromatic heterocycles. The highest BCUT2D eigenvalue weighted by molar-refractivity contribution is 7.89. The largest absolute Gasteiger partial charge is 0.336 e. The zero-order chi connectivity index (χ0) is 18.8. The molecule has 1 aliphatic heterocycles. The molecule has 140 valence electrons. The van der Waals surface area contributed by atoms with Gasteiger partial charge in [-0.15, -0.1) is 0 Å². The summed E-state index contributed by atoms with van der Waals surface area (Å²) in [6.07, 6.45) is 2.91. The number of carbonyl (C=O) groups excluding carboxylic acids is 1. The van der Waals surface area contributed by atoms with E-state index in [9.17, 15) is 13.2 Å². The lowest BCUT2D eigenvalue weighted by Gasteiger charge is -2.30. The van der Waals surface area contributed by atoms with E-state index in [2.05, 4.69) is 20.8 Å². The normalized spacial score (nSPS) is 18.8. The molecule has 2 rings (SSSR count). The van der Waals surface area contributed by atoms with Crippen molar-refractivity contribution < 1.29 is 18.0 Å². The Hall–Kier alpha value is -1.44. The van der Waals surface area contributed by atoms with E-state index in [-0.39, 0.29) is 22.3 Å². The predicted molar refractivity (Wildman–Crippen MR) is 96.5 cm³/mol. The van der Waals surface area contributed by atoms with Gasteiger partial charge in [0.2, 0.25) is 0 Å². The molecule has 1 amide bonds. The summed E-state index contributed by atoms with van der Waals surface area (Å²) >= 11 is 0. The summed E-state index contributed by atoms with van der Waals surface area (Å²) in [5.41, 5.74) is 0.534. The van der Waals surface area contributed by atoms with E-state index in [4.69, 9.17) is 4.84 Å². The van der Waals surface area contributed by atoms with Crippen LogP contribution in [-0.2, 0) is 14.9 Å². The summed E-state index contributed by atoms with van der Waals surface area (Å²) < 4.78 is 25.6. The van der Waals surface area contributed by atoms with Gasteiger partial charge in [-0.05, 0) is 42.9 Å². The molecule has 1 heterocycles.